The van der Waals surface area contributed by atoms with Crippen LogP contribution in [0.1, 0.15) is 25.0 Å². The van der Waals surface area contributed by atoms with Crippen LogP contribution >= 0.6 is 0 Å². The van der Waals surface area contributed by atoms with Crippen molar-refractivity contribution < 1.29 is 4.74 Å². The summed E-state index contributed by atoms with van der Waals surface area (Å²) >= 11 is 0. The van der Waals surface area contributed by atoms with Gasteiger partial charge in [-0.05, 0) is 36.6 Å². The molecule has 0 amide bonds. The zero-order valence-corrected chi connectivity index (χ0v) is 14.0. The van der Waals surface area contributed by atoms with Crippen molar-refractivity contribution in [1.29, 1.82) is 0 Å². The second-order valence-electron chi connectivity index (χ2n) is 6.01. The number of hydrogen-bond acceptors (Lipinski definition) is 2. The summed E-state index contributed by atoms with van der Waals surface area (Å²) in [6.07, 6.45) is 0. The average Bonchev–Trinajstić information content (AvgIpc) is 2.51. The zero-order valence-electron chi connectivity index (χ0n) is 14.0. The summed E-state index contributed by atoms with van der Waals surface area (Å²) in [4.78, 5) is 4.41. The Kier molecular flexibility index (Phi) is 6.03. The van der Waals surface area contributed by atoms with Crippen molar-refractivity contribution in [3.63, 3.8) is 0 Å². The van der Waals surface area contributed by atoms with E-state index in [-0.39, 0.29) is 0 Å². The van der Waals surface area contributed by atoms with Crippen LogP contribution in [0.25, 0.3) is 0 Å². The van der Waals surface area contributed by atoms with E-state index in [0.29, 0.717) is 25.0 Å². The molecule has 122 valence electrons. The molecule has 2 aromatic carbocycles. The third kappa shape index (κ3) is 5.66. The average molecular weight is 311 g/mol. The van der Waals surface area contributed by atoms with Crippen molar-refractivity contribution in [3.8, 4) is 5.75 Å². The molecule has 3 N–H and O–H groups in total. The second kappa shape index (κ2) is 8.22. The zero-order chi connectivity index (χ0) is 16.7. The lowest BCUT2D eigenvalue weighted by atomic mass is 10.2. The largest absolute Gasteiger partial charge is 0.493 e. The van der Waals surface area contributed by atoms with Crippen molar-refractivity contribution in [2.24, 2.45) is 16.6 Å². The lowest BCUT2D eigenvalue weighted by molar-refractivity contribution is 0.268. The van der Waals surface area contributed by atoms with E-state index in [2.05, 4.69) is 24.2 Å². The predicted molar refractivity (Wildman–Crippen MR) is 96.9 cm³/mol. The van der Waals surface area contributed by atoms with Crippen LogP contribution in [0.3, 0.4) is 0 Å². The molecule has 2 aromatic rings. The van der Waals surface area contributed by atoms with Crippen molar-refractivity contribution >= 4 is 11.6 Å². The fraction of sp³-hybridized carbons (Fsp3) is 0.316. The van der Waals surface area contributed by atoms with E-state index in [1.807, 2.05) is 55.5 Å². The van der Waals surface area contributed by atoms with Crippen molar-refractivity contribution in [3.05, 3.63) is 59.7 Å². The number of aliphatic imine (C=N–C) groups is 1. The number of para-hydroxylation sites is 1. The van der Waals surface area contributed by atoms with Gasteiger partial charge in [0.15, 0.2) is 5.96 Å². The van der Waals surface area contributed by atoms with Crippen LogP contribution in [-0.2, 0) is 6.54 Å². The van der Waals surface area contributed by atoms with Gasteiger partial charge in [0.25, 0.3) is 0 Å². The van der Waals surface area contributed by atoms with E-state index in [4.69, 9.17) is 10.5 Å². The van der Waals surface area contributed by atoms with Crippen molar-refractivity contribution in [2.75, 3.05) is 11.9 Å². The molecule has 0 aliphatic rings. The number of rotatable bonds is 6. The van der Waals surface area contributed by atoms with E-state index in [9.17, 15) is 0 Å². The first-order chi connectivity index (χ1) is 11.0. The van der Waals surface area contributed by atoms with Gasteiger partial charge in [-0.15, -0.1) is 0 Å². The van der Waals surface area contributed by atoms with E-state index in [1.54, 1.807) is 0 Å². The Hall–Kier alpha value is -2.49. The Morgan fingerprint density at radius 3 is 2.70 bits per heavy atom. The van der Waals surface area contributed by atoms with Crippen LogP contribution in [0.2, 0.25) is 0 Å². The SMILES string of the molecule is Cc1cccc(NC(N)=NCc2ccccc2OCC(C)C)c1. The Morgan fingerprint density at radius 2 is 1.96 bits per heavy atom. The Bertz CT molecular complexity index is 665. The van der Waals surface area contributed by atoms with Crippen molar-refractivity contribution in [2.45, 2.75) is 27.3 Å². The van der Waals surface area contributed by atoms with Gasteiger partial charge in [-0.25, -0.2) is 4.99 Å². The van der Waals surface area contributed by atoms with E-state index in [0.717, 1.165) is 17.0 Å². The number of benzene rings is 2. The topological polar surface area (TPSA) is 59.6 Å². The van der Waals surface area contributed by atoms with Gasteiger partial charge in [0.2, 0.25) is 0 Å². The van der Waals surface area contributed by atoms with Crippen LogP contribution < -0.4 is 15.8 Å². The maximum Gasteiger partial charge on any atom is 0.193 e. The number of nitrogens with two attached hydrogens (primary N) is 1. The number of hydrogen-bond donors (Lipinski definition) is 2. The fourth-order valence-corrected chi connectivity index (χ4v) is 2.11. The second-order valence-corrected chi connectivity index (χ2v) is 6.01. The molecule has 2 rings (SSSR count). The third-order valence-corrected chi connectivity index (χ3v) is 3.26. The highest BCUT2D eigenvalue weighted by Crippen LogP contribution is 2.19. The molecule has 0 radical (unpaired) electrons. The van der Waals surface area contributed by atoms with Gasteiger partial charge in [-0.3, -0.25) is 0 Å². The molecule has 0 bridgehead atoms. The number of nitrogens with zero attached hydrogens (tertiary/aromatic N) is 1. The monoisotopic (exact) mass is 311 g/mol. The summed E-state index contributed by atoms with van der Waals surface area (Å²) in [6.45, 7) is 7.48. The Labute approximate surface area is 138 Å². The molecule has 23 heavy (non-hydrogen) atoms. The van der Waals surface area contributed by atoms with Crippen molar-refractivity contribution in [1.82, 2.24) is 0 Å². The minimum absolute atomic E-state index is 0.397. The minimum atomic E-state index is 0.397. The van der Waals surface area contributed by atoms with E-state index >= 15 is 0 Å². The normalized spacial score (nSPS) is 11.6. The number of guanidine groups is 1. The van der Waals surface area contributed by atoms with Gasteiger partial charge in [0, 0.05) is 11.3 Å². The lowest BCUT2D eigenvalue weighted by Gasteiger charge is -2.12. The summed E-state index contributed by atoms with van der Waals surface area (Å²) in [5, 5.41) is 3.11. The van der Waals surface area contributed by atoms with Crippen LogP contribution in [-0.4, -0.2) is 12.6 Å². The van der Waals surface area contributed by atoms with E-state index in [1.165, 1.54) is 5.56 Å². The van der Waals surface area contributed by atoms with Gasteiger partial charge in [0.1, 0.15) is 5.75 Å². The first kappa shape index (κ1) is 16.9. The molecule has 0 saturated heterocycles. The standard InChI is InChI=1S/C19H25N3O/c1-14(2)13-23-18-10-5-4-8-16(18)12-21-19(20)22-17-9-6-7-15(3)11-17/h4-11,14H,12-13H2,1-3H3,(H3,20,21,22). The van der Waals surface area contributed by atoms with Gasteiger partial charge in [0.05, 0.1) is 13.2 Å². The summed E-state index contributed by atoms with van der Waals surface area (Å²) in [6, 6.07) is 16.0. The molecule has 4 nitrogen and oxygen atoms in total. The molecular formula is C19H25N3O. The molecule has 0 aromatic heterocycles. The van der Waals surface area contributed by atoms with Crippen LogP contribution in [0.5, 0.6) is 5.75 Å². The molecule has 4 heteroatoms. The van der Waals surface area contributed by atoms with Crippen LogP contribution in [0.15, 0.2) is 53.5 Å². The summed E-state index contributed by atoms with van der Waals surface area (Å²) in [5.41, 5.74) is 9.12. The summed E-state index contributed by atoms with van der Waals surface area (Å²) in [7, 11) is 0. The molecule has 0 heterocycles. The smallest absolute Gasteiger partial charge is 0.193 e. The molecule has 0 saturated carbocycles. The highest BCUT2D eigenvalue weighted by atomic mass is 16.5. The number of ether oxygens (including phenoxy) is 1. The molecule has 0 fully saturated rings. The Balaban J connectivity index is 2.01. The molecule has 0 aliphatic heterocycles. The first-order valence-corrected chi connectivity index (χ1v) is 7.89. The highest BCUT2D eigenvalue weighted by molar-refractivity contribution is 5.92. The summed E-state index contributed by atoms with van der Waals surface area (Å²) < 4.78 is 5.83. The lowest BCUT2D eigenvalue weighted by Crippen LogP contribution is -2.22. The van der Waals surface area contributed by atoms with E-state index < -0.39 is 0 Å². The van der Waals surface area contributed by atoms with Crippen LogP contribution in [0, 0.1) is 12.8 Å². The molecular weight excluding hydrogens is 286 g/mol. The van der Waals surface area contributed by atoms with Gasteiger partial charge >= 0.3 is 0 Å². The highest BCUT2D eigenvalue weighted by Gasteiger charge is 2.04. The minimum Gasteiger partial charge on any atom is -0.493 e. The third-order valence-electron chi connectivity index (χ3n) is 3.26. The maximum absolute atomic E-state index is 5.97. The van der Waals surface area contributed by atoms with Gasteiger partial charge < -0.3 is 15.8 Å². The molecule has 0 atom stereocenters. The number of aryl methyl sites for hydroxylation is 1. The predicted octanol–water partition coefficient (Wildman–Crippen LogP) is 3.96. The van der Waals surface area contributed by atoms with Crippen LogP contribution in [0.4, 0.5) is 5.69 Å². The Morgan fingerprint density at radius 1 is 1.17 bits per heavy atom. The number of anilines is 1. The molecule has 0 aliphatic carbocycles. The first-order valence-electron chi connectivity index (χ1n) is 7.89. The molecule has 0 unspecified atom stereocenters. The fourth-order valence-electron chi connectivity index (χ4n) is 2.11. The molecule has 0 spiro atoms. The quantitative estimate of drug-likeness (QED) is 0.627. The maximum atomic E-state index is 5.97. The van der Waals surface area contributed by atoms with Gasteiger partial charge in [-0.2, -0.15) is 0 Å². The summed E-state index contributed by atoms with van der Waals surface area (Å²) in [5.74, 6) is 1.75. The van der Waals surface area contributed by atoms with Gasteiger partial charge in [-0.1, -0.05) is 44.2 Å². The number of nitrogens with one attached hydrogen (secondary N) is 1.